The smallest absolute Gasteiger partial charge is 0.0831 e. The lowest BCUT2D eigenvalue weighted by atomic mass is 9.98. The molecule has 0 spiro atoms. The standard InChI is InChI=1S/C23H22ClN3/c1-26(2)20-14-10-18(11-15-20)23-16-22(17-8-12-19(24)13-9-17)25-27(23)21-6-4-3-5-7-21/h3-15,23H,16H2,1-2H3. The summed E-state index contributed by atoms with van der Waals surface area (Å²) in [5.74, 6) is 0. The predicted octanol–water partition coefficient (Wildman–Crippen LogP) is 5.76. The van der Waals surface area contributed by atoms with E-state index in [1.165, 1.54) is 11.3 Å². The number of hydrogen-bond donors (Lipinski definition) is 0. The highest BCUT2D eigenvalue weighted by atomic mass is 35.5. The van der Waals surface area contributed by atoms with Crippen LogP contribution in [-0.2, 0) is 0 Å². The molecule has 1 aliphatic rings. The molecule has 27 heavy (non-hydrogen) atoms. The van der Waals surface area contributed by atoms with Gasteiger partial charge in [-0.2, -0.15) is 5.10 Å². The summed E-state index contributed by atoms with van der Waals surface area (Å²) >= 11 is 6.05. The van der Waals surface area contributed by atoms with Crippen molar-refractivity contribution in [2.75, 3.05) is 24.0 Å². The second kappa shape index (κ2) is 7.45. The predicted molar refractivity (Wildman–Crippen MR) is 115 cm³/mol. The summed E-state index contributed by atoms with van der Waals surface area (Å²) in [6.45, 7) is 0. The van der Waals surface area contributed by atoms with Crippen LogP contribution >= 0.6 is 11.6 Å². The molecule has 0 radical (unpaired) electrons. The van der Waals surface area contributed by atoms with Gasteiger partial charge in [-0.25, -0.2) is 0 Å². The van der Waals surface area contributed by atoms with Gasteiger partial charge in [-0.1, -0.05) is 54.1 Å². The van der Waals surface area contributed by atoms with E-state index in [2.05, 4.69) is 72.5 Å². The SMILES string of the molecule is CN(C)c1ccc(C2CC(c3ccc(Cl)cc3)=NN2c2ccccc2)cc1. The molecular formula is C23H22ClN3. The minimum atomic E-state index is 0.175. The van der Waals surface area contributed by atoms with Gasteiger partial charge >= 0.3 is 0 Å². The third kappa shape index (κ3) is 3.69. The Balaban J connectivity index is 1.70. The first kappa shape index (κ1) is 17.6. The van der Waals surface area contributed by atoms with Crippen molar-refractivity contribution in [1.82, 2.24) is 0 Å². The van der Waals surface area contributed by atoms with Crippen LogP contribution in [0.25, 0.3) is 0 Å². The fraction of sp³-hybridized carbons (Fsp3) is 0.174. The van der Waals surface area contributed by atoms with Crippen LogP contribution in [0.3, 0.4) is 0 Å². The first-order valence-corrected chi connectivity index (χ1v) is 9.44. The van der Waals surface area contributed by atoms with Gasteiger partial charge in [0, 0.05) is 31.2 Å². The lowest BCUT2D eigenvalue weighted by molar-refractivity contribution is 0.709. The largest absolute Gasteiger partial charge is 0.378 e. The van der Waals surface area contributed by atoms with Gasteiger partial charge < -0.3 is 4.90 Å². The maximum Gasteiger partial charge on any atom is 0.0831 e. The van der Waals surface area contributed by atoms with Gasteiger partial charge in [-0.05, 0) is 47.5 Å². The molecule has 0 bridgehead atoms. The van der Waals surface area contributed by atoms with Crippen molar-refractivity contribution in [2.24, 2.45) is 5.10 Å². The van der Waals surface area contributed by atoms with Crippen LogP contribution in [-0.4, -0.2) is 19.8 Å². The van der Waals surface area contributed by atoms with E-state index in [0.717, 1.165) is 28.4 Å². The second-order valence-electron chi connectivity index (χ2n) is 6.94. The molecule has 0 fully saturated rings. The normalized spacial score (nSPS) is 16.3. The van der Waals surface area contributed by atoms with E-state index < -0.39 is 0 Å². The summed E-state index contributed by atoms with van der Waals surface area (Å²) in [4.78, 5) is 2.11. The Labute approximate surface area is 165 Å². The summed E-state index contributed by atoms with van der Waals surface area (Å²) in [6, 6.07) is 27.2. The number of nitrogens with zero attached hydrogens (tertiary/aromatic N) is 3. The van der Waals surface area contributed by atoms with Crippen molar-refractivity contribution in [3.8, 4) is 0 Å². The molecule has 3 aromatic carbocycles. The Bertz CT molecular complexity index is 932. The van der Waals surface area contributed by atoms with E-state index in [1.54, 1.807) is 0 Å². The van der Waals surface area contributed by atoms with Crippen LogP contribution in [0.2, 0.25) is 5.02 Å². The molecule has 0 aromatic heterocycles. The Hall–Kier alpha value is -2.78. The first-order chi connectivity index (χ1) is 13.1. The van der Waals surface area contributed by atoms with E-state index in [4.69, 9.17) is 16.7 Å². The molecule has 3 nitrogen and oxygen atoms in total. The van der Waals surface area contributed by atoms with Crippen LogP contribution in [0.1, 0.15) is 23.6 Å². The van der Waals surface area contributed by atoms with E-state index >= 15 is 0 Å². The van der Waals surface area contributed by atoms with Crippen molar-refractivity contribution in [2.45, 2.75) is 12.5 Å². The van der Waals surface area contributed by atoms with Crippen LogP contribution in [0.4, 0.5) is 11.4 Å². The van der Waals surface area contributed by atoms with Crippen molar-refractivity contribution in [3.05, 3.63) is 95.0 Å². The summed E-state index contributed by atoms with van der Waals surface area (Å²) in [7, 11) is 4.12. The van der Waals surface area contributed by atoms with Crippen molar-refractivity contribution in [3.63, 3.8) is 0 Å². The molecule has 3 aromatic rings. The van der Waals surface area contributed by atoms with E-state index in [-0.39, 0.29) is 6.04 Å². The number of anilines is 2. The van der Waals surface area contributed by atoms with Crippen molar-refractivity contribution >= 4 is 28.7 Å². The Morgan fingerprint density at radius 2 is 1.56 bits per heavy atom. The van der Waals surface area contributed by atoms with Crippen LogP contribution in [0.15, 0.2) is 84.0 Å². The Morgan fingerprint density at radius 1 is 0.889 bits per heavy atom. The number of benzene rings is 3. The highest BCUT2D eigenvalue weighted by molar-refractivity contribution is 6.30. The average Bonchev–Trinajstić information content (AvgIpc) is 3.15. The topological polar surface area (TPSA) is 18.8 Å². The maximum absolute atomic E-state index is 6.05. The molecule has 4 rings (SSSR count). The van der Waals surface area contributed by atoms with E-state index in [9.17, 15) is 0 Å². The quantitative estimate of drug-likeness (QED) is 0.577. The maximum atomic E-state index is 6.05. The Morgan fingerprint density at radius 3 is 2.19 bits per heavy atom. The van der Waals surface area contributed by atoms with Gasteiger partial charge in [0.2, 0.25) is 0 Å². The summed E-state index contributed by atoms with van der Waals surface area (Å²) < 4.78 is 0. The zero-order valence-corrected chi connectivity index (χ0v) is 16.3. The number of para-hydroxylation sites is 1. The summed E-state index contributed by atoms with van der Waals surface area (Å²) in [5, 5.41) is 7.85. The highest BCUT2D eigenvalue weighted by Crippen LogP contribution is 2.37. The molecule has 0 aliphatic carbocycles. The molecule has 1 atom stereocenters. The second-order valence-corrected chi connectivity index (χ2v) is 7.38. The van der Waals surface area contributed by atoms with Crippen LogP contribution in [0, 0.1) is 0 Å². The molecule has 1 heterocycles. The third-order valence-electron chi connectivity index (χ3n) is 4.90. The Kier molecular flexibility index (Phi) is 4.87. The zero-order valence-electron chi connectivity index (χ0n) is 15.5. The van der Waals surface area contributed by atoms with Crippen molar-refractivity contribution in [1.29, 1.82) is 0 Å². The fourth-order valence-electron chi connectivity index (χ4n) is 3.40. The third-order valence-corrected chi connectivity index (χ3v) is 5.15. The molecule has 0 saturated heterocycles. The van der Waals surface area contributed by atoms with Gasteiger partial charge in [-0.3, -0.25) is 5.01 Å². The lowest BCUT2D eigenvalue weighted by Crippen LogP contribution is -2.18. The van der Waals surface area contributed by atoms with Gasteiger partial charge in [0.1, 0.15) is 0 Å². The summed E-state index contributed by atoms with van der Waals surface area (Å²) in [5.41, 5.74) is 5.76. The number of halogens is 1. The molecule has 1 unspecified atom stereocenters. The molecule has 0 amide bonds. The summed E-state index contributed by atoms with van der Waals surface area (Å²) in [6.07, 6.45) is 0.859. The number of hydrazone groups is 1. The average molecular weight is 376 g/mol. The number of rotatable bonds is 4. The van der Waals surface area contributed by atoms with Gasteiger partial charge in [0.05, 0.1) is 17.4 Å². The minimum Gasteiger partial charge on any atom is -0.378 e. The number of hydrogen-bond acceptors (Lipinski definition) is 3. The zero-order chi connectivity index (χ0) is 18.8. The van der Waals surface area contributed by atoms with Crippen molar-refractivity contribution < 1.29 is 0 Å². The minimum absolute atomic E-state index is 0.175. The fourth-order valence-corrected chi connectivity index (χ4v) is 3.53. The van der Waals surface area contributed by atoms with E-state index in [1.807, 2.05) is 30.3 Å². The molecule has 136 valence electrons. The van der Waals surface area contributed by atoms with Crippen LogP contribution in [0.5, 0.6) is 0 Å². The molecule has 0 N–H and O–H groups in total. The monoisotopic (exact) mass is 375 g/mol. The van der Waals surface area contributed by atoms with Gasteiger partial charge in [0.15, 0.2) is 0 Å². The molecule has 4 heteroatoms. The molecular weight excluding hydrogens is 354 g/mol. The van der Waals surface area contributed by atoms with Crippen LogP contribution < -0.4 is 9.91 Å². The van der Waals surface area contributed by atoms with E-state index in [0.29, 0.717) is 0 Å². The first-order valence-electron chi connectivity index (χ1n) is 9.07. The van der Waals surface area contributed by atoms with Gasteiger partial charge in [0.25, 0.3) is 0 Å². The highest BCUT2D eigenvalue weighted by Gasteiger charge is 2.29. The molecule has 1 aliphatic heterocycles. The van der Waals surface area contributed by atoms with Gasteiger partial charge in [-0.15, -0.1) is 0 Å². The molecule has 0 saturated carbocycles. The lowest BCUT2D eigenvalue weighted by Gasteiger charge is -2.24.